The average Bonchev–Trinajstić information content (AvgIpc) is 2.56. The minimum absolute atomic E-state index is 0.0564. The number of anilines is 1. The van der Waals surface area contributed by atoms with E-state index < -0.39 is 0 Å². The minimum Gasteiger partial charge on any atom is -0.341 e. The molecule has 1 aromatic rings. The zero-order valence-corrected chi connectivity index (χ0v) is 13.7. The zero-order valence-electron chi connectivity index (χ0n) is 13.7. The van der Waals surface area contributed by atoms with E-state index in [9.17, 15) is 4.79 Å². The third-order valence-corrected chi connectivity index (χ3v) is 5.00. The molecule has 0 N–H and O–H groups in total. The van der Waals surface area contributed by atoms with Gasteiger partial charge in [0, 0.05) is 32.4 Å². The third kappa shape index (κ3) is 3.39. The van der Waals surface area contributed by atoms with Crippen LogP contribution in [0.2, 0.25) is 0 Å². The Hall–Kier alpha value is -1.65. The van der Waals surface area contributed by atoms with Crippen molar-refractivity contribution < 1.29 is 4.79 Å². The smallest absolute Gasteiger partial charge is 0.272 e. The number of likely N-dealkylation sites (tertiary alicyclic amines) is 1. The van der Waals surface area contributed by atoms with Crippen molar-refractivity contribution in [2.45, 2.75) is 39.5 Å². The van der Waals surface area contributed by atoms with Gasteiger partial charge in [0.05, 0.1) is 0 Å². The van der Waals surface area contributed by atoms with E-state index in [2.05, 4.69) is 28.7 Å². The molecule has 2 fully saturated rings. The van der Waals surface area contributed by atoms with Gasteiger partial charge in [-0.3, -0.25) is 4.79 Å². The standard InChI is InChI=1S/C17H26N4O/c1-13-4-9-20(10-5-13)16(22)15-3-8-18-17(19-15)21-11-6-14(2)7-12-21/h3,8,13-14H,4-7,9-12H2,1-2H3. The summed E-state index contributed by atoms with van der Waals surface area (Å²) >= 11 is 0. The molecule has 1 aromatic heterocycles. The van der Waals surface area contributed by atoms with Gasteiger partial charge in [0.15, 0.2) is 0 Å². The van der Waals surface area contributed by atoms with E-state index in [1.807, 2.05) is 4.90 Å². The van der Waals surface area contributed by atoms with Crippen molar-refractivity contribution in [2.75, 3.05) is 31.1 Å². The van der Waals surface area contributed by atoms with Crippen molar-refractivity contribution in [1.29, 1.82) is 0 Å². The normalized spacial score (nSPS) is 21.2. The van der Waals surface area contributed by atoms with Crippen LogP contribution in [0.15, 0.2) is 12.3 Å². The van der Waals surface area contributed by atoms with E-state index in [1.165, 1.54) is 12.8 Å². The van der Waals surface area contributed by atoms with E-state index in [0.717, 1.165) is 50.9 Å². The van der Waals surface area contributed by atoms with Crippen LogP contribution < -0.4 is 4.90 Å². The van der Waals surface area contributed by atoms with Gasteiger partial charge in [0.2, 0.25) is 5.95 Å². The van der Waals surface area contributed by atoms with Gasteiger partial charge in [0.25, 0.3) is 5.91 Å². The lowest BCUT2D eigenvalue weighted by molar-refractivity contribution is 0.0691. The first-order chi connectivity index (χ1) is 10.6. The maximum atomic E-state index is 12.6. The molecule has 1 amide bonds. The molecule has 0 saturated carbocycles. The first kappa shape index (κ1) is 15.3. The van der Waals surface area contributed by atoms with E-state index in [4.69, 9.17) is 0 Å². The Kier molecular flexibility index (Phi) is 4.60. The Morgan fingerprint density at radius 2 is 1.64 bits per heavy atom. The Balaban J connectivity index is 1.69. The average molecular weight is 302 g/mol. The predicted molar refractivity (Wildman–Crippen MR) is 86.9 cm³/mol. The molecule has 120 valence electrons. The largest absolute Gasteiger partial charge is 0.341 e. The number of amides is 1. The molecule has 22 heavy (non-hydrogen) atoms. The van der Waals surface area contributed by atoms with Crippen LogP contribution in [0, 0.1) is 11.8 Å². The molecule has 2 aliphatic heterocycles. The van der Waals surface area contributed by atoms with Gasteiger partial charge in [-0.25, -0.2) is 9.97 Å². The number of hydrogen-bond acceptors (Lipinski definition) is 4. The molecule has 0 unspecified atom stereocenters. The summed E-state index contributed by atoms with van der Waals surface area (Å²) in [7, 11) is 0. The van der Waals surface area contributed by atoms with Crippen LogP contribution in [-0.4, -0.2) is 47.0 Å². The zero-order chi connectivity index (χ0) is 15.5. The van der Waals surface area contributed by atoms with Crippen LogP contribution in [-0.2, 0) is 0 Å². The van der Waals surface area contributed by atoms with Crippen LogP contribution in [0.25, 0.3) is 0 Å². The Bertz CT molecular complexity index is 517. The minimum atomic E-state index is 0.0564. The fourth-order valence-electron chi connectivity index (χ4n) is 3.20. The number of aromatic nitrogens is 2. The monoisotopic (exact) mass is 302 g/mol. The van der Waals surface area contributed by atoms with Gasteiger partial charge in [0.1, 0.15) is 5.69 Å². The summed E-state index contributed by atoms with van der Waals surface area (Å²) in [6, 6.07) is 1.75. The molecule has 0 atom stereocenters. The summed E-state index contributed by atoms with van der Waals surface area (Å²) in [5.41, 5.74) is 0.540. The second kappa shape index (κ2) is 6.63. The van der Waals surface area contributed by atoms with Crippen LogP contribution in [0.4, 0.5) is 5.95 Å². The predicted octanol–water partition coefficient (Wildman–Crippen LogP) is 2.59. The van der Waals surface area contributed by atoms with E-state index in [1.54, 1.807) is 12.3 Å². The van der Waals surface area contributed by atoms with Crippen molar-refractivity contribution in [3.8, 4) is 0 Å². The highest BCUT2D eigenvalue weighted by molar-refractivity contribution is 5.92. The quantitative estimate of drug-likeness (QED) is 0.842. The molecule has 3 rings (SSSR count). The third-order valence-electron chi connectivity index (χ3n) is 5.00. The highest BCUT2D eigenvalue weighted by Gasteiger charge is 2.24. The van der Waals surface area contributed by atoms with Crippen LogP contribution >= 0.6 is 0 Å². The van der Waals surface area contributed by atoms with Gasteiger partial charge in [-0.1, -0.05) is 13.8 Å². The fraction of sp³-hybridized carbons (Fsp3) is 0.706. The van der Waals surface area contributed by atoms with Gasteiger partial charge >= 0.3 is 0 Å². The Labute approximate surface area is 132 Å². The van der Waals surface area contributed by atoms with Crippen molar-refractivity contribution in [2.24, 2.45) is 11.8 Å². The van der Waals surface area contributed by atoms with Gasteiger partial charge in [-0.15, -0.1) is 0 Å². The summed E-state index contributed by atoms with van der Waals surface area (Å²) in [5.74, 6) is 2.26. The van der Waals surface area contributed by atoms with Gasteiger partial charge < -0.3 is 9.80 Å². The first-order valence-corrected chi connectivity index (χ1v) is 8.50. The maximum absolute atomic E-state index is 12.6. The highest BCUT2D eigenvalue weighted by Crippen LogP contribution is 2.21. The summed E-state index contributed by atoms with van der Waals surface area (Å²) in [6.07, 6.45) is 6.25. The molecule has 0 aliphatic carbocycles. The summed E-state index contributed by atoms with van der Waals surface area (Å²) in [6.45, 7) is 8.21. The topological polar surface area (TPSA) is 49.3 Å². The van der Waals surface area contributed by atoms with Crippen molar-refractivity contribution in [3.63, 3.8) is 0 Å². The fourth-order valence-corrected chi connectivity index (χ4v) is 3.20. The number of rotatable bonds is 2. The molecule has 0 spiro atoms. The lowest BCUT2D eigenvalue weighted by Gasteiger charge is -2.31. The van der Waals surface area contributed by atoms with Crippen molar-refractivity contribution in [1.82, 2.24) is 14.9 Å². The van der Waals surface area contributed by atoms with Gasteiger partial charge in [-0.2, -0.15) is 0 Å². The lowest BCUT2D eigenvalue weighted by atomic mass is 9.99. The van der Waals surface area contributed by atoms with Crippen LogP contribution in [0.3, 0.4) is 0 Å². The number of hydrogen-bond donors (Lipinski definition) is 0. The summed E-state index contributed by atoms with van der Waals surface area (Å²) in [5, 5.41) is 0. The first-order valence-electron chi connectivity index (χ1n) is 8.50. The molecular formula is C17H26N4O. The number of carbonyl (C=O) groups excluding carboxylic acids is 1. The second-order valence-corrected chi connectivity index (χ2v) is 6.89. The molecule has 0 bridgehead atoms. The number of nitrogens with zero attached hydrogens (tertiary/aromatic N) is 4. The Morgan fingerprint density at radius 3 is 2.27 bits per heavy atom. The highest BCUT2D eigenvalue weighted by atomic mass is 16.2. The molecule has 2 saturated heterocycles. The van der Waals surface area contributed by atoms with Crippen molar-refractivity contribution in [3.05, 3.63) is 18.0 Å². The van der Waals surface area contributed by atoms with E-state index in [-0.39, 0.29) is 5.91 Å². The van der Waals surface area contributed by atoms with Gasteiger partial charge in [-0.05, 0) is 43.6 Å². The molecule has 2 aliphatic rings. The van der Waals surface area contributed by atoms with E-state index in [0.29, 0.717) is 11.6 Å². The molecule has 5 heteroatoms. The summed E-state index contributed by atoms with van der Waals surface area (Å²) in [4.78, 5) is 25.7. The SMILES string of the molecule is CC1CCN(C(=O)c2ccnc(N3CCC(C)CC3)n2)CC1. The lowest BCUT2D eigenvalue weighted by Crippen LogP contribution is -2.39. The molecule has 0 radical (unpaired) electrons. The maximum Gasteiger partial charge on any atom is 0.272 e. The van der Waals surface area contributed by atoms with Crippen molar-refractivity contribution >= 4 is 11.9 Å². The molecule has 5 nitrogen and oxygen atoms in total. The number of piperidine rings is 2. The molecular weight excluding hydrogens is 276 g/mol. The van der Waals surface area contributed by atoms with E-state index >= 15 is 0 Å². The summed E-state index contributed by atoms with van der Waals surface area (Å²) < 4.78 is 0. The molecule has 0 aromatic carbocycles. The Morgan fingerprint density at radius 1 is 1.05 bits per heavy atom. The van der Waals surface area contributed by atoms with Crippen LogP contribution in [0.5, 0.6) is 0 Å². The molecule has 3 heterocycles. The number of carbonyl (C=O) groups is 1. The second-order valence-electron chi connectivity index (χ2n) is 6.89. The van der Waals surface area contributed by atoms with Crippen LogP contribution in [0.1, 0.15) is 50.0 Å².